The highest BCUT2D eigenvalue weighted by molar-refractivity contribution is 5.74. The van der Waals surface area contributed by atoms with Gasteiger partial charge < -0.3 is 19.6 Å². The summed E-state index contributed by atoms with van der Waals surface area (Å²) < 4.78 is 9.15. The Kier molecular flexibility index (Phi) is 7.75. The lowest BCUT2D eigenvalue weighted by atomic mass is 10.1. The van der Waals surface area contributed by atoms with Gasteiger partial charge in [0, 0.05) is 31.4 Å². The van der Waals surface area contributed by atoms with Crippen LogP contribution in [0.4, 0.5) is 0 Å². The number of hydrogen-bond donors (Lipinski definition) is 2. The Morgan fingerprint density at radius 1 is 1.22 bits per heavy atom. The maximum Gasteiger partial charge on any atom is 0.321 e. The largest absolute Gasteiger partial charge is 0.480 e. The van der Waals surface area contributed by atoms with E-state index in [1.54, 1.807) is 4.90 Å². The zero-order valence-corrected chi connectivity index (χ0v) is 13.2. The van der Waals surface area contributed by atoms with Gasteiger partial charge in [-0.3, -0.25) is 19.3 Å². The standard InChI is InChI=1S/C14H21N3O6/c1-22-12(18)3-5-17(6-4-13(19)23-2)11(14(20)21)7-10-8-15-9-16-10/h8-9,11H,3-7H2,1-2H3,(H,15,16)(H,20,21). The normalized spacial score (nSPS) is 12.0. The summed E-state index contributed by atoms with van der Waals surface area (Å²) in [4.78, 5) is 42.5. The summed E-state index contributed by atoms with van der Waals surface area (Å²) in [6.07, 6.45) is 3.24. The molecule has 1 rings (SSSR count). The molecule has 1 aromatic heterocycles. The lowest BCUT2D eigenvalue weighted by Crippen LogP contribution is -2.45. The van der Waals surface area contributed by atoms with Gasteiger partial charge in [0.1, 0.15) is 6.04 Å². The third-order valence-corrected chi connectivity index (χ3v) is 3.36. The molecule has 0 aliphatic rings. The number of ether oxygens (including phenoxy) is 2. The maximum atomic E-state index is 11.6. The fourth-order valence-corrected chi connectivity index (χ4v) is 2.07. The smallest absolute Gasteiger partial charge is 0.321 e. The van der Waals surface area contributed by atoms with E-state index in [2.05, 4.69) is 19.4 Å². The molecule has 1 aromatic rings. The number of rotatable bonds is 10. The number of aliphatic carboxylic acids is 1. The van der Waals surface area contributed by atoms with Crippen LogP contribution in [0.15, 0.2) is 12.5 Å². The molecule has 0 aromatic carbocycles. The molecule has 1 unspecified atom stereocenters. The maximum absolute atomic E-state index is 11.6. The number of H-pyrrole nitrogens is 1. The third-order valence-electron chi connectivity index (χ3n) is 3.36. The molecule has 1 atom stereocenters. The molecular weight excluding hydrogens is 306 g/mol. The number of esters is 2. The molecule has 128 valence electrons. The molecule has 2 N–H and O–H groups in total. The van der Waals surface area contributed by atoms with Gasteiger partial charge in [-0.15, -0.1) is 0 Å². The Morgan fingerprint density at radius 3 is 2.17 bits per heavy atom. The van der Waals surface area contributed by atoms with Crippen molar-refractivity contribution >= 4 is 17.9 Å². The Morgan fingerprint density at radius 2 is 1.78 bits per heavy atom. The predicted octanol–water partition coefficient (Wildman–Crippen LogP) is -0.166. The van der Waals surface area contributed by atoms with Gasteiger partial charge in [0.05, 0.1) is 33.4 Å². The topological polar surface area (TPSA) is 122 Å². The molecule has 0 spiro atoms. The molecule has 0 saturated heterocycles. The minimum absolute atomic E-state index is 0.0322. The van der Waals surface area contributed by atoms with Gasteiger partial charge in [-0.05, 0) is 0 Å². The summed E-state index contributed by atoms with van der Waals surface area (Å²) in [7, 11) is 2.53. The summed E-state index contributed by atoms with van der Waals surface area (Å²) >= 11 is 0. The summed E-state index contributed by atoms with van der Waals surface area (Å²) in [6.45, 7) is 0.323. The predicted molar refractivity (Wildman–Crippen MR) is 78.6 cm³/mol. The van der Waals surface area contributed by atoms with Crippen LogP contribution in [0.25, 0.3) is 0 Å². The van der Waals surface area contributed by atoms with E-state index < -0.39 is 23.9 Å². The van der Waals surface area contributed by atoms with E-state index >= 15 is 0 Å². The highest BCUT2D eigenvalue weighted by Crippen LogP contribution is 2.10. The van der Waals surface area contributed by atoms with Crippen molar-refractivity contribution in [3.05, 3.63) is 18.2 Å². The van der Waals surface area contributed by atoms with E-state index in [-0.39, 0.29) is 32.4 Å². The first-order chi connectivity index (χ1) is 11.0. The van der Waals surface area contributed by atoms with Crippen LogP contribution < -0.4 is 0 Å². The van der Waals surface area contributed by atoms with Crippen LogP contribution in [0.3, 0.4) is 0 Å². The van der Waals surface area contributed by atoms with E-state index in [1.165, 1.54) is 26.7 Å². The van der Waals surface area contributed by atoms with Crippen molar-refractivity contribution in [1.29, 1.82) is 0 Å². The molecule has 9 nitrogen and oxygen atoms in total. The van der Waals surface area contributed by atoms with Gasteiger partial charge in [-0.25, -0.2) is 4.98 Å². The van der Waals surface area contributed by atoms with Gasteiger partial charge in [0.25, 0.3) is 0 Å². The number of imidazole rings is 1. The fourth-order valence-electron chi connectivity index (χ4n) is 2.07. The Bertz CT molecular complexity index is 497. The molecule has 9 heteroatoms. The molecule has 0 amide bonds. The number of aromatic amines is 1. The van der Waals surface area contributed by atoms with Crippen molar-refractivity contribution in [2.45, 2.75) is 25.3 Å². The van der Waals surface area contributed by atoms with Gasteiger partial charge in [-0.2, -0.15) is 0 Å². The second kappa shape index (κ2) is 9.57. The van der Waals surface area contributed by atoms with E-state index in [9.17, 15) is 19.5 Å². The number of carboxylic acids is 1. The third kappa shape index (κ3) is 6.47. The van der Waals surface area contributed by atoms with Crippen LogP contribution in [0.5, 0.6) is 0 Å². The van der Waals surface area contributed by atoms with Crippen LogP contribution >= 0.6 is 0 Å². The summed E-state index contributed by atoms with van der Waals surface area (Å²) in [5.41, 5.74) is 0.651. The Balaban J connectivity index is 2.79. The summed E-state index contributed by atoms with van der Waals surface area (Å²) in [6, 6.07) is -0.898. The number of methoxy groups -OCH3 is 2. The molecule has 23 heavy (non-hydrogen) atoms. The number of carbonyl (C=O) groups excluding carboxylic acids is 2. The minimum Gasteiger partial charge on any atom is -0.480 e. The lowest BCUT2D eigenvalue weighted by molar-refractivity contribution is -0.147. The first-order valence-corrected chi connectivity index (χ1v) is 7.05. The summed E-state index contributed by atoms with van der Waals surface area (Å²) in [5, 5.41) is 9.48. The quantitative estimate of drug-likeness (QED) is 0.568. The Hall–Kier alpha value is -2.42. The van der Waals surface area contributed by atoms with Crippen molar-refractivity contribution in [2.75, 3.05) is 27.3 Å². The fraction of sp³-hybridized carbons (Fsp3) is 0.571. The second-order valence-corrected chi connectivity index (χ2v) is 4.82. The van der Waals surface area contributed by atoms with Crippen LogP contribution in [0.1, 0.15) is 18.5 Å². The monoisotopic (exact) mass is 327 g/mol. The van der Waals surface area contributed by atoms with E-state index in [0.29, 0.717) is 5.69 Å². The van der Waals surface area contributed by atoms with E-state index in [0.717, 1.165) is 0 Å². The van der Waals surface area contributed by atoms with Crippen molar-refractivity contribution in [2.24, 2.45) is 0 Å². The molecule has 0 radical (unpaired) electrons. The second-order valence-electron chi connectivity index (χ2n) is 4.82. The SMILES string of the molecule is COC(=O)CCN(CCC(=O)OC)C(Cc1cnc[nH]1)C(=O)O. The number of nitrogens with zero attached hydrogens (tertiary/aromatic N) is 2. The molecule has 0 bridgehead atoms. The number of carboxylic acid groups (broad SMARTS) is 1. The van der Waals surface area contributed by atoms with Gasteiger partial charge >= 0.3 is 17.9 Å². The highest BCUT2D eigenvalue weighted by Gasteiger charge is 2.27. The molecule has 0 aliphatic heterocycles. The highest BCUT2D eigenvalue weighted by atomic mass is 16.5. The molecule has 0 saturated carbocycles. The van der Waals surface area contributed by atoms with Gasteiger partial charge in [0.15, 0.2) is 0 Å². The zero-order valence-electron chi connectivity index (χ0n) is 13.2. The molecule has 1 heterocycles. The first-order valence-electron chi connectivity index (χ1n) is 7.05. The number of carbonyl (C=O) groups is 3. The number of nitrogens with one attached hydrogen (secondary N) is 1. The van der Waals surface area contributed by atoms with Crippen molar-refractivity contribution in [3.8, 4) is 0 Å². The van der Waals surface area contributed by atoms with Gasteiger partial charge in [-0.1, -0.05) is 0 Å². The van der Waals surface area contributed by atoms with Crippen molar-refractivity contribution < 1.29 is 29.0 Å². The van der Waals surface area contributed by atoms with Crippen molar-refractivity contribution in [1.82, 2.24) is 14.9 Å². The van der Waals surface area contributed by atoms with Crippen molar-refractivity contribution in [3.63, 3.8) is 0 Å². The average Bonchev–Trinajstić information content (AvgIpc) is 3.05. The number of hydrogen-bond acceptors (Lipinski definition) is 7. The molecule has 0 fully saturated rings. The van der Waals surface area contributed by atoms with Crippen LogP contribution in [-0.4, -0.2) is 71.2 Å². The van der Waals surface area contributed by atoms with Crippen LogP contribution in [-0.2, 0) is 30.3 Å². The van der Waals surface area contributed by atoms with Gasteiger partial charge in [0.2, 0.25) is 0 Å². The Labute approximate surface area is 133 Å². The van der Waals surface area contributed by atoms with E-state index in [4.69, 9.17) is 0 Å². The average molecular weight is 327 g/mol. The van der Waals surface area contributed by atoms with Crippen LogP contribution in [0.2, 0.25) is 0 Å². The minimum atomic E-state index is -1.05. The summed E-state index contributed by atoms with van der Waals surface area (Å²) in [5.74, 6) is -1.94. The lowest BCUT2D eigenvalue weighted by Gasteiger charge is -2.27. The zero-order chi connectivity index (χ0) is 17.2. The molecule has 0 aliphatic carbocycles. The number of aromatic nitrogens is 2. The molecular formula is C14H21N3O6. The van der Waals surface area contributed by atoms with Crippen LogP contribution in [0, 0.1) is 0 Å². The first kappa shape index (κ1) is 18.6. The van der Waals surface area contributed by atoms with E-state index in [1.807, 2.05) is 0 Å².